The van der Waals surface area contributed by atoms with E-state index < -0.39 is 0 Å². The van der Waals surface area contributed by atoms with Crippen molar-refractivity contribution in [2.24, 2.45) is 0 Å². The van der Waals surface area contributed by atoms with Crippen molar-refractivity contribution >= 4 is 27.5 Å². The first kappa shape index (κ1) is 16.0. The van der Waals surface area contributed by atoms with Crippen LogP contribution in [0.3, 0.4) is 0 Å². The Balaban J connectivity index is 2.27. The van der Waals surface area contributed by atoms with Crippen molar-refractivity contribution < 1.29 is 4.39 Å². The van der Waals surface area contributed by atoms with E-state index in [0.29, 0.717) is 4.47 Å². The minimum absolute atomic E-state index is 0.00641. The summed E-state index contributed by atoms with van der Waals surface area (Å²) in [6, 6.07) is 5.02. The largest absolute Gasteiger partial charge is 0.206 e. The average Bonchev–Trinajstić information content (AvgIpc) is 2.36. The lowest BCUT2D eigenvalue weighted by atomic mass is 10.0. The Labute approximate surface area is 123 Å². The molecule has 0 saturated carbocycles. The molecule has 0 nitrogen and oxygen atoms in total. The molecule has 0 saturated heterocycles. The summed E-state index contributed by atoms with van der Waals surface area (Å²) in [7, 11) is 0. The monoisotopic (exact) mass is 334 g/mol. The van der Waals surface area contributed by atoms with Crippen molar-refractivity contribution in [2.75, 3.05) is 0 Å². The Hall–Kier alpha value is -0.0800. The van der Waals surface area contributed by atoms with Crippen molar-refractivity contribution in [3.8, 4) is 0 Å². The molecular weight excluding hydrogens is 315 g/mol. The molecule has 0 aliphatic rings. The Bertz CT molecular complexity index is 354. The minimum atomic E-state index is -0.234. The summed E-state index contributed by atoms with van der Waals surface area (Å²) in [6.07, 6.45) is 8.58. The molecule has 0 N–H and O–H groups in total. The Kier molecular flexibility index (Phi) is 7.92. The third-order valence-corrected chi connectivity index (χ3v) is 4.19. The van der Waals surface area contributed by atoms with Gasteiger partial charge in [-0.1, -0.05) is 51.5 Å². The normalized spacial score (nSPS) is 12.7. The van der Waals surface area contributed by atoms with E-state index >= 15 is 0 Å². The molecule has 0 amide bonds. The van der Waals surface area contributed by atoms with Crippen LogP contribution in [0.5, 0.6) is 0 Å². The highest BCUT2D eigenvalue weighted by Crippen LogP contribution is 2.29. The van der Waals surface area contributed by atoms with E-state index in [1.807, 2.05) is 0 Å². The quantitative estimate of drug-likeness (QED) is 0.370. The molecule has 1 atom stereocenters. The fraction of sp³-hybridized carbons (Fsp3) is 0.600. The second-order valence-electron chi connectivity index (χ2n) is 4.70. The van der Waals surface area contributed by atoms with Crippen LogP contribution in [-0.2, 0) is 0 Å². The molecule has 0 spiro atoms. The van der Waals surface area contributed by atoms with E-state index in [1.54, 1.807) is 12.1 Å². The zero-order valence-electron chi connectivity index (χ0n) is 10.9. The van der Waals surface area contributed by atoms with Crippen molar-refractivity contribution in [3.63, 3.8) is 0 Å². The van der Waals surface area contributed by atoms with Crippen LogP contribution in [0.2, 0.25) is 0 Å². The summed E-state index contributed by atoms with van der Waals surface area (Å²) in [6.45, 7) is 2.22. The first-order valence-corrected chi connectivity index (χ1v) is 7.97. The standard InChI is InChI=1S/C15H21BrClF/c1-2-3-4-5-6-7-8-14(17)12-9-10-15(18)13(16)11-12/h9-11,14H,2-8H2,1H3. The van der Waals surface area contributed by atoms with Gasteiger partial charge in [-0.15, -0.1) is 11.6 Å². The lowest BCUT2D eigenvalue weighted by molar-refractivity contribution is 0.583. The number of alkyl halides is 1. The predicted molar refractivity (Wildman–Crippen MR) is 80.7 cm³/mol. The third-order valence-electron chi connectivity index (χ3n) is 3.12. The molecule has 0 radical (unpaired) electrons. The smallest absolute Gasteiger partial charge is 0.137 e. The van der Waals surface area contributed by atoms with Gasteiger partial charge in [0.05, 0.1) is 9.85 Å². The molecule has 3 heteroatoms. The molecule has 1 aromatic carbocycles. The fourth-order valence-electron chi connectivity index (χ4n) is 1.98. The van der Waals surface area contributed by atoms with Crippen LogP contribution >= 0.6 is 27.5 Å². The first-order valence-electron chi connectivity index (χ1n) is 6.74. The maximum Gasteiger partial charge on any atom is 0.137 e. The summed E-state index contributed by atoms with van der Waals surface area (Å²) in [5.41, 5.74) is 0.999. The Morgan fingerprint density at radius 2 is 1.83 bits per heavy atom. The molecular formula is C15H21BrClF. The van der Waals surface area contributed by atoms with Crippen molar-refractivity contribution in [2.45, 2.75) is 57.2 Å². The van der Waals surface area contributed by atoms with Crippen molar-refractivity contribution in [1.82, 2.24) is 0 Å². The molecule has 18 heavy (non-hydrogen) atoms. The van der Waals surface area contributed by atoms with Crippen molar-refractivity contribution in [1.29, 1.82) is 0 Å². The topological polar surface area (TPSA) is 0 Å². The van der Waals surface area contributed by atoms with E-state index in [0.717, 1.165) is 18.4 Å². The van der Waals surface area contributed by atoms with Crippen LogP contribution in [0.1, 0.15) is 62.8 Å². The van der Waals surface area contributed by atoms with Gasteiger partial charge in [0.15, 0.2) is 0 Å². The second-order valence-corrected chi connectivity index (χ2v) is 6.08. The Morgan fingerprint density at radius 1 is 1.17 bits per heavy atom. The molecule has 0 aliphatic heterocycles. The van der Waals surface area contributed by atoms with E-state index in [4.69, 9.17) is 11.6 Å². The van der Waals surface area contributed by atoms with Gasteiger partial charge in [0, 0.05) is 0 Å². The summed E-state index contributed by atoms with van der Waals surface area (Å²) >= 11 is 9.52. The van der Waals surface area contributed by atoms with Gasteiger partial charge in [0.2, 0.25) is 0 Å². The SMILES string of the molecule is CCCCCCCCC(Cl)c1ccc(F)c(Br)c1. The molecule has 1 rings (SSSR count). The third kappa shape index (κ3) is 5.71. The van der Waals surface area contributed by atoms with Crippen LogP contribution in [0.15, 0.2) is 22.7 Å². The molecule has 0 heterocycles. The number of benzene rings is 1. The van der Waals surface area contributed by atoms with Gasteiger partial charge < -0.3 is 0 Å². The van der Waals surface area contributed by atoms with E-state index in [-0.39, 0.29) is 11.2 Å². The van der Waals surface area contributed by atoms with Crippen LogP contribution in [0.25, 0.3) is 0 Å². The maximum absolute atomic E-state index is 13.1. The fourth-order valence-corrected chi connectivity index (χ4v) is 2.66. The highest BCUT2D eigenvalue weighted by molar-refractivity contribution is 9.10. The lowest BCUT2D eigenvalue weighted by Gasteiger charge is -2.10. The van der Waals surface area contributed by atoms with Crippen LogP contribution in [0.4, 0.5) is 4.39 Å². The van der Waals surface area contributed by atoms with E-state index in [1.165, 1.54) is 38.2 Å². The molecule has 1 aromatic rings. The summed E-state index contributed by atoms with van der Waals surface area (Å²) < 4.78 is 13.6. The zero-order valence-corrected chi connectivity index (χ0v) is 13.2. The number of unbranched alkanes of at least 4 members (excludes halogenated alkanes) is 5. The predicted octanol–water partition coefficient (Wildman–Crippen LogP) is 6.62. The van der Waals surface area contributed by atoms with Gasteiger partial charge in [-0.25, -0.2) is 4.39 Å². The number of rotatable bonds is 8. The van der Waals surface area contributed by atoms with Gasteiger partial charge in [0.25, 0.3) is 0 Å². The lowest BCUT2D eigenvalue weighted by Crippen LogP contribution is -1.92. The molecule has 1 unspecified atom stereocenters. The molecule has 0 bridgehead atoms. The van der Waals surface area contributed by atoms with Gasteiger partial charge in [0.1, 0.15) is 5.82 Å². The molecule has 102 valence electrons. The van der Waals surface area contributed by atoms with E-state index in [2.05, 4.69) is 22.9 Å². The van der Waals surface area contributed by atoms with Crippen LogP contribution < -0.4 is 0 Å². The Morgan fingerprint density at radius 3 is 2.50 bits per heavy atom. The highest BCUT2D eigenvalue weighted by Gasteiger charge is 2.09. The number of halogens is 3. The maximum atomic E-state index is 13.1. The molecule has 0 aromatic heterocycles. The zero-order chi connectivity index (χ0) is 13.4. The van der Waals surface area contributed by atoms with Crippen LogP contribution in [0, 0.1) is 5.82 Å². The average molecular weight is 336 g/mol. The second kappa shape index (κ2) is 8.92. The molecule has 0 fully saturated rings. The van der Waals surface area contributed by atoms with E-state index in [9.17, 15) is 4.39 Å². The number of hydrogen-bond acceptors (Lipinski definition) is 0. The van der Waals surface area contributed by atoms with Crippen molar-refractivity contribution in [3.05, 3.63) is 34.1 Å². The summed E-state index contributed by atoms with van der Waals surface area (Å²) in [5.74, 6) is -0.234. The minimum Gasteiger partial charge on any atom is -0.206 e. The first-order chi connectivity index (χ1) is 8.65. The molecule has 0 aliphatic carbocycles. The number of hydrogen-bond donors (Lipinski definition) is 0. The van der Waals surface area contributed by atoms with Crippen LogP contribution in [-0.4, -0.2) is 0 Å². The summed E-state index contributed by atoms with van der Waals surface area (Å²) in [5, 5.41) is -0.00641. The van der Waals surface area contributed by atoms with Gasteiger partial charge in [-0.3, -0.25) is 0 Å². The van der Waals surface area contributed by atoms with Gasteiger partial charge in [-0.2, -0.15) is 0 Å². The van der Waals surface area contributed by atoms with Gasteiger partial charge >= 0.3 is 0 Å². The summed E-state index contributed by atoms with van der Waals surface area (Å²) in [4.78, 5) is 0. The van der Waals surface area contributed by atoms with Gasteiger partial charge in [-0.05, 0) is 40.0 Å². The highest BCUT2D eigenvalue weighted by atomic mass is 79.9.